The van der Waals surface area contributed by atoms with Crippen molar-refractivity contribution in [2.24, 2.45) is 0 Å². The van der Waals surface area contributed by atoms with Crippen molar-refractivity contribution in [2.45, 2.75) is 26.9 Å². The van der Waals surface area contributed by atoms with Crippen molar-refractivity contribution in [3.05, 3.63) is 64.7 Å². The summed E-state index contributed by atoms with van der Waals surface area (Å²) in [6, 6.07) is 14.1. The zero-order valence-corrected chi connectivity index (χ0v) is 11.3. The largest absolute Gasteiger partial charge is 0.488 e. The lowest BCUT2D eigenvalue weighted by Crippen LogP contribution is -2.02. The van der Waals surface area contributed by atoms with Crippen LogP contribution in [0.25, 0.3) is 0 Å². The van der Waals surface area contributed by atoms with Gasteiger partial charge in [-0.2, -0.15) is 0 Å². The van der Waals surface area contributed by atoms with Crippen LogP contribution in [0.3, 0.4) is 0 Å². The number of hydrogen-bond donors (Lipinski definition) is 0. The van der Waals surface area contributed by atoms with Gasteiger partial charge in [-0.3, -0.25) is 0 Å². The van der Waals surface area contributed by atoms with E-state index in [-0.39, 0.29) is 0 Å². The first kappa shape index (κ1) is 13.3. The summed E-state index contributed by atoms with van der Waals surface area (Å²) in [7, 11) is 0. The molecule has 0 fully saturated rings. The maximum Gasteiger partial charge on any atom is 0.126 e. The molecule has 0 amide bonds. The van der Waals surface area contributed by atoms with Crippen molar-refractivity contribution in [3.63, 3.8) is 0 Å². The highest BCUT2D eigenvalue weighted by atomic mass is 16.5. The van der Waals surface area contributed by atoms with Crippen LogP contribution in [0.1, 0.15) is 22.3 Å². The second-order valence-corrected chi connectivity index (χ2v) is 4.72. The molecule has 0 spiro atoms. The standard InChI is InChI=1S/C17H18O2/c1-13-10-14(2)17(16(11-13)8-9-18)19-12-15-6-4-3-5-7-15/h3-7,9-11H,8,12H2,1-2H3. The van der Waals surface area contributed by atoms with E-state index in [0.29, 0.717) is 13.0 Å². The molecule has 2 rings (SSSR count). The van der Waals surface area contributed by atoms with Crippen molar-refractivity contribution >= 4 is 6.29 Å². The molecule has 0 aromatic heterocycles. The molecule has 0 N–H and O–H groups in total. The second kappa shape index (κ2) is 6.19. The lowest BCUT2D eigenvalue weighted by atomic mass is 10.0. The summed E-state index contributed by atoms with van der Waals surface area (Å²) in [4.78, 5) is 10.8. The average Bonchev–Trinajstić information content (AvgIpc) is 2.39. The van der Waals surface area contributed by atoms with Crippen molar-refractivity contribution in [2.75, 3.05) is 0 Å². The van der Waals surface area contributed by atoms with Gasteiger partial charge in [0.2, 0.25) is 0 Å². The Kier molecular flexibility index (Phi) is 4.35. The van der Waals surface area contributed by atoms with Gasteiger partial charge in [-0.05, 0) is 25.0 Å². The van der Waals surface area contributed by atoms with Gasteiger partial charge >= 0.3 is 0 Å². The van der Waals surface area contributed by atoms with Gasteiger partial charge in [0, 0.05) is 12.0 Å². The minimum absolute atomic E-state index is 0.395. The first-order valence-electron chi connectivity index (χ1n) is 6.41. The van der Waals surface area contributed by atoms with Crippen molar-refractivity contribution < 1.29 is 9.53 Å². The predicted molar refractivity (Wildman–Crippen MR) is 76.5 cm³/mol. The molecule has 0 radical (unpaired) electrons. The van der Waals surface area contributed by atoms with E-state index < -0.39 is 0 Å². The van der Waals surface area contributed by atoms with E-state index in [4.69, 9.17) is 4.74 Å². The molecule has 0 aliphatic carbocycles. The summed E-state index contributed by atoms with van der Waals surface area (Å²) in [6.45, 7) is 4.57. The lowest BCUT2D eigenvalue weighted by molar-refractivity contribution is -0.107. The fourth-order valence-corrected chi connectivity index (χ4v) is 2.22. The SMILES string of the molecule is Cc1cc(C)c(OCc2ccccc2)c(CC=O)c1. The number of hydrogen-bond acceptors (Lipinski definition) is 2. The quantitative estimate of drug-likeness (QED) is 0.762. The van der Waals surface area contributed by atoms with Gasteiger partial charge in [0.1, 0.15) is 18.6 Å². The van der Waals surface area contributed by atoms with Gasteiger partial charge in [-0.25, -0.2) is 0 Å². The molecule has 2 heteroatoms. The normalized spacial score (nSPS) is 10.2. The third-order valence-corrected chi connectivity index (χ3v) is 3.03. The Balaban J connectivity index is 2.21. The molecule has 0 unspecified atom stereocenters. The molecule has 0 saturated carbocycles. The number of rotatable bonds is 5. The molecular weight excluding hydrogens is 236 g/mol. The van der Waals surface area contributed by atoms with Crippen LogP contribution in [-0.2, 0) is 17.8 Å². The molecule has 0 heterocycles. The maximum absolute atomic E-state index is 10.8. The fraction of sp³-hybridized carbons (Fsp3) is 0.235. The molecule has 2 aromatic carbocycles. The minimum atomic E-state index is 0.395. The van der Waals surface area contributed by atoms with Crippen LogP contribution in [0.2, 0.25) is 0 Å². The zero-order chi connectivity index (χ0) is 13.7. The highest BCUT2D eigenvalue weighted by molar-refractivity contribution is 5.59. The minimum Gasteiger partial charge on any atom is -0.488 e. The van der Waals surface area contributed by atoms with Gasteiger partial charge in [0.25, 0.3) is 0 Å². The number of carbonyl (C=O) groups excluding carboxylic acids is 1. The van der Waals surface area contributed by atoms with E-state index in [1.54, 1.807) is 0 Å². The van der Waals surface area contributed by atoms with Gasteiger partial charge < -0.3 is 9.53 Å². The molecule has 0 atom stereocenters. The molecule has 0 aliphatic rings. The van der Waals surface area contributed by atoms with Crippen molar-refractivity contribution in [3.8, 4) is 5.75 Å². The number of aldehydes is 1. The highest BCUT2D eigenvalue weighted by Gasteiger charge is 2.08. The molecule has 98 valence electrons. The van der Waals surface area contributed by atoms with Crippen LogP contribution in [0.5, 0.6) is 5.75 Å². The van der Waals surface area contributed by atoms with Crippen LogP contribution < -0.4 is 4.74 Å². The summed E-state index contributed by atoms with van der Waals surface area (Å²) >= 11 is 0. The summed E-state index contributed by atoms with van der Waals surface area (Å²) < 4.78 is 5.90. The zero-order valence-electron chi connectivity index (χ0n) is 11.3. The Morgan fingerprint density at radius 2 is 1.84 bits per heavy atom. The third-order valence-electron chi connectivity index (χ3n) is 3.03. The number of benzene rings is 2. The van der Waals surface area contributed by atoms with E-state index in [9.17, 15) is 4.79 Å². The summed E-state index contributed by atoms with van der Waals surface area (Å²) in [6.07, 6.45) is 1.32. The lowest BCUT2D eigenvalue weighted by Gasteiger charge is -2.14. The Morgan fingerprint density at radius 3 is 2.53 bits per heavy atom. The van der Waals surface area contributed by atoms with Crippen LogP contribution in [0, 0.1) is 13.8 Å². The topological polar surface area (TPSA) is 26.3 Å². The fourth-order valence-electron chi connectivity index (χ4n) is 2.22. The van der Waals surface area contributed by atoms with Crippen LogP contribution >= 0.6 is 0 Å². The smallest absolute Gasteiger partial charge is 0.126 e. The van der Waals surface area contributed by atoms with Gasteiger partial charge in [-0.1, -0.05) is 48.0 Å². The number of aryl methyl sites for hydroxylation is 2. The van der Waals surface area contributed by atoms with Crippen LogP contribution in [0.15, 0.2) is 42.5 Å². The summed E-state index contributed by atoms with van der Waals surface area (Å²) in [5, 5.41) is 0. The molecule has 19 heavy (non-hydrogen) atoms. The summed E-state index contributed by atoms with van der Waals surface area (Å²) in [5.74, 6) is 0.835. The Labute approximate surface area is 114 Å². The molecule has 2 aromatic rings. The molecule has 2 nitrogen and oxygen atoms in total. The predicted octanol–water partition coefficient (Wildman–Crippen LogP) is 3.62. The van der Waals surface area contributed by atoms with Crippen LogP contribution in [0.4, 0.5) is 0 Å². The molecular formula is C17H18O2. The number of ether oxygens (including phenoxy) is 1. The Hall–Kier alpha value is -2.09. The maximum atomic E-state index is 10.8. The molecule has 0 saturated heterocycles. The van der Waals surface area contributed by atoms with Gasteiger partial charge in [0.15, 0.2) is 0 Å². The van der Waals surface area contributed by atoms with Gasteiger partial charge in [-0.15, -0.1) is 0 Å². The first-order chi connectivity index (χ1) is 9.20. The van der Waals surface area contributed by atoms with E-state index in [1.165, 1.54) is 0 Å². The summed E-state index contributed by atoms with van der Waals surface area (Å²) in [5.41, 5.74) is 4.32. The Bertz CT molecular complexity index is 559. The highest BCUT2D eigenvalue weighted by Crippen LogP contribution is 2.26. The second-order valence-electron chi connectivity index (χ2n) is 4.72. The average molecular weight is 254 g/mol. The van der Waals surface area contributed by atoms with Crippen LogP contribution in [-0.4, -0.2) is 6.29 Å². The molecule has 0 aliphatic heterocycles. The van der Waals surface area contributed by atoms with E-state index in [0.717, 1.165) is 34.3 Å². The van der Waals surface area contributed by atoms with E-state index >= 15 is 0 Å². The van der Waals surface area contributed by atoms with Crippen molar-refractivity contribution in [1.29, 1.82) is 0 Å². The first-order valence-corrected chi connectivity index (χ1v) is 6.41. The van der Waals surface area contributed by atoms with E-state index in [1.807, 2.05) is 50.2 Å². The van der Waals surface area contributed by atoms with E-state index in [2.05, 4.69) is 6.07 Å². The third kappa shape index (κ3) is 3.44. The number of carbonyl (C=O) groups is 1. The monoisotopic (exact) mass is 254 g/mol. The van der Waals surface area contributed by atoms with Crippen molar-refractivity contribution in [1.82, 2.24) is 0 Å². The van der Waals surface area contributed by atoms with Gasteiger partial charge in [0.05, 0.1) is 0 Å². The Morgan fingerprint density at radius 1 is 1.11 bits per heavy atom. The molecule has 0 bridgehead atoms.